The van der Waals surface area contributed by atoms with Crippen molar-refractivity contribution in [3.8, 4) is 0 Å². The van der Waals surface area contributed by atoms with Crippen molar-refractivity contribution in [3.05, 3.63) is 51.3 Å². The molecule has 0 N–H and O–H groups in total. The second-order valence-electron chi connectivity index (χ2n) is 9.22. The van der Waals surface area contributed by atoms with Gasteiger partial charge in [0.1, 0.15) is 0 Å². The molecule has 2 heterocycles. The van der Waals surface area contributed by atoms with Gasteiger partial charge >= 0.3 is 226 Å². The van der Waals surface area contributed by atoms with Gasteiger partial charge in [-0.05, 0) is 0 Å². The molecular formula is C24H30I3N3O2S. The van der Waals surface area contributed by atoms with Crippen molar-refractivity contribution < 1.29 is 9.53 Å². The number of fused-ring (bicyclic) bond motifs is 2. The minimum absolute atomic E-state index is 0.116. The standard InChI is InChI=1S/C24H30I3N3O2S/c1-6-17-14-18(29-10-12-30(13-11-29)23(31)32-24(3,4)5)15-20-22(17)28-21-16(2)8-7-9-19(21)33(20)27(25)26/h7-9,14-15H,6,10-13H2,1-5H3. The van der Waals surface area contributed by atoms with Crippen LogP contribution in [0.3, 0.4) is 0 Å². The number of amides is 1. The molecule has 0 saturated carbocycles. The molecule has 2 aromatic rings. The molecule has 1 fully saturated rings. The van der Waals surface area contributed by atoms with Crippen molar-refractivity contribution in [3.63, 3.8) is 0 Å². The maximum absolute atomic E-state index is 12.5. The third-order valence-electron chi connectivity index (χ3n) is 5.74. The van der Waals surface area contributed by atoms with Crippen molar-refractivity contribution in [1.82, 2.24) is 4.90 Å². The molecule has 0 spiro atoms. The van der Waals surface area contributed by atoms with E-state index in [-0.39, 0.29) is 13.7 Å². The second kappa shape index (κ2) is 10.5. The molecule has 9 heteroatoms. The third-order valence-corrected chi connectivity index (χ3v) is 25.6. The number of anilines is 1. The van der Waals surface area contributed by atoms with Crippen LogP contribution in [-0.2, 0) is 11.2 Å². The fourth-order valence-corrected chi connectivity index (χ4v) is 24.4. The van der Waals surface area contributed by atoms with E-state index in [1.165, 1.54) is 37.3 Å². The Bertz CT molecular complexity index is 1200. The molecule has 0 aromatic heterocycles. The summed E-state index contributed by atoms with van der Waals surface area (Å²) in [7, 11) is -1.14. The van der Waals surface area contributed by atoms with E-state index in [4.69, 9.17) is 9.73 Å². The molecule has 0 radical (unpaired) electrons. The Hall–Kier alpha value is -0.150. The van der Waals surface area contributed by atoms with Crippen molar-refractivity contribution >= 4 is 72.8 Å². The van der Waals surface area contributed by atoms with Crippen molar-refractivity contribution in [1.29, 1.82) is 0 Å². The van der Waals surface area contributed by atoms with Crippen molar-refractivity contribution in [2.45, 2.75) is 51.5 Å². The van der Waals surface area contributed by atoms with Gasteiger partial charge in [0, 0.05) is 0 Å². The summed E-state index contributed by atoms with van der Waals surface area (Å²) in [5.74, 6) is 0. The van der Waals surface area contributed by atoms with E-state index < -0.39 is 16.1 Å². The first-order chi connectivity index (χ1) is 15.6. The topological polar surface area (TPSA) is 45.1 Å². The number of carbonyl (C=O) groups is 1. The Kier molecular flexibility index (Phi) is 8.21. The molecular weight excluding hydrogens is 775 g/mol. The van der Waals surface area contributed by atoms with Crippen LogP contribution >= 0.6 is 55.4 Å². The molecule has 0 aliphatic carbocycles. The molecule has 33 heavy (non-hydrogen) atoms. The van der Waals surface area contributed by atoms with E-state index >= 15 is 0 Å². The second-order valence-corrected chi connectivity index (χ2v) is 45.1. The molecule has 0 bridgehead atoms. The number of carbonyl (C=O) groups excluding carboxylic acids is 1. The van der Waals surface area contributed by atoms with Gasteiger partial charge in [-0.15, -0.1) is 0 Å². The molecule has 4 rings (SSSR count). The summed E-state index contributed by atoms with van der Waals surface area (Å²) in [4.78, 5) is 23.4. The van der Waals surface area contributed by atoms with Gasteiger partial charge in [0.05, 0.1) is 0 Å². The monoisotopic (exact) mass is 805 g/mol. The number of hydrogen-bond acceptors (Lipinski definition) is 4. The van der Waals surface area contributed by atoms with Gasteiger partial charge in [-0.25, -0.2) is 0 Å². The fourth-order valence-electron chi connectivity index (χ4n) is 4.11. The van der Waals surface area contributed by atoms with E-state index in [0.717, 1.165) is 19.5 Å². The molecule has 180 valence electrons. The first-order valence-electron chi connectivity index (χ1n) is 11.1. The Morgan fingerprint density at radius 3 is 2.48 bits per heavy atom. The summed E-state index contributed by atoms with van der Waals surface area (Å²) in [5, 5.41) is 1.19. The zero-order valence-corrected chi connectivity index (χ0v) is 26.9. The Morgan fingerprint density at radius 1 is 1.18 bits per heavy atom. The van der Waals surface area contributed by atoms with Crippen LogP contribution in [0.15, 0.2) is 40.2 Å². The number of nitrogens with zero attached hydrogens (tertiary/aromatic N) is 3. The number of para-hydroxylation sites is 1. The minimum atomic E-state index is -1.26. The molecule has 2 aliphatic rings. The van der Waals surface area contributed by atoms with Gasteiger partial charge in [-0.1, -0.05) is 0 Å². The van der Waals surface area contributed by atoms with Crippen LogP contribution in [0.2, 0.25) is 0 Å². The molecule has 1 unspecified atom stereocenters. The fraction of sp³-hybridized carbons (Fsp3) is 0.458. The number of aryl methyl sites for hydroxylation is 2. The predicted octanol–water partition coefficient (Wildman–Crippen LogP) is 7.58. The number of halogens is 3. The number of piperazine rings is 1. The van der Waals surface area contributed by atoms with Gasteiger partial charge < -0.3 is 0 Å². The van der Waals surface area contributed by atoms with E-state index in [1.54, 1.807) is 0 Å². The summed E-state index contributed by atoms with van der Waals surface area (Å²) < 4.78 is 6.99. The van der Waals surface area contributed by atoms with Gasteiger partial charge in [0.25, 0.3) is 0 Å². The van der Waals surface area contributed by atoms with Crippen LogP contribution in [0, 0.1) is 11.4 Å². The molecule has 5 nitrogen and oxygen atoms in total. The van der Waals surface area contributed by atoms with Crippen LogP contribution in [0.5, 0.6) is 0 Å². The van der Waals surface area contributed by atoms with E-state index in [1.807, 2.05) is 25.7 Å². The first-order valence-corrected chi connectivity index (χ1v) is 27.4. The Morgan fingerprint density at radius 2 is 1.88 bits per heavy atom. The number of benzene rings is 2. The zero-order chi connectivity index (χ0) is 23.9. The first kappa shape index (κ1) is 25.9. The maximum atomic E-state index is 12.5. The van der Waals surface area contributed by atoms with Crippen LogP contribution < -0.4 is 10.3 Å². The normalized spacial score (nSPS) is 18.3. The van der Waals surface area contributed by atoms with E-state index in [0.29, 0.717) is 13.1 Å². The molecule has 1 atom stereocenters. The molecule has 2 aliphatic heterocycles. The summed E-state index contributed by atoms with van der Waals surface area (Å²) in [5.41, 5.74) is 4.61. The zero-order valence-electron chi connectivity index (χ0n) is 19.6. The summed E-state index contributed by atoms with van der Waals surface area (Å²) in [6, 6.07) is 11.4. The summed E-state index contributed by atoms with van der Waals surface area (Å²) >= 11 is 5.44. The van der Waals surface area contributed by atoms with Gasteiger partial charge in [-0.3, -0.25) is 0 Å². The average Bonchev–Trinajstić information content (AvgIpc) is 2.76. The Labute approximate surface area is 223 Å². The molecule has 1 saturated heterocycles. The number of ether oxygens (including phenoxy) is 1. The van der Waals surface area contributed by atoms with Crippen LogP contribution in [0.1, 0.15) is 38.8 Å². The average molecular weight is 805 g/mol. The van der Waals surface area contributed by atoms with Gasteiger partial charge in [0.15, 0.2) is 0 Å². The number of rotatable bonds is 3. The summed E-state index contributed by atoms with van der Waals surface area (Å²) in [6.07, 6.45) is 0.755. The Balaban J connectivity index is 1.69. The van der Waals surface area contributed by atoms with Crippen LogP contribution in [0.25, 0.3) is 0 Å². The van der Waals surface area contributed by atoms with Gasteiger partial charge in [0.2, 0.25) is 0 Å². The molecule has 2 aromatic carbocycles. The quantitative estimate of drug-likeness (QED) is 0.238. The predicted molar refractivity (Wildman–Crippen MR) is 165 cm³/mol. The molecule has 1 amide bonds. The number of hydrogen-bond donors (Lipinski definition) is 0. The van der Waals surface area contributed by atoms with Gasteiger partial charge in [-0.2, -0.15) is 0 Å². The van der Waals surface area contributed by atoms with Crippen molar-refractivity contribution in [2.24, 2.45) is 4.99 Å². The van der Waals surface area contributed by atoms with Crippen molar-refractivity contribution in [2.75, 3.05) is 31.1 Å². The van der Waals surface area contributed by atoms with Crippen LogP contribution in [0.4, 0.5) is 16.2 Å². The summed E-state index contributed by atoms with van der Waals surface area (Å²) in [6.45, 7) is 13.2. The third kappa shape index (κ3) is 5.65. The SMILES string of the molecule is CCc1cc(N2CCN(C(=O)OC(C)(C)C)CC2)cc2c1N=c1c(C)cccc1=S2I(I)I. The van der Waals surface area contributed by atoms with E-state index in [2.05, 4.69) is 86.3 Å². The van der Waals surface area contributed by atoms with E-state index in [9.17, 15) is 4.79 Å². The van der Waals surface area contributed by atoms with Crippen LogP contribution in [-0.4, -0.2) is 42.8 Å².